The Labute approximate surface area is 196 Å². The molecule has 0 aliphatic heterocycles. The lowest BCUT2D eigenvalue weighted by molar-refractivity contribution is -0.130. The molecule has 0 aliphatic carbocycles. The number of benzene rings is 2. The van der Waals surface area contributed by atoms with Crippen LogP contribution in [-0.4, -0.2) is 47.2 Å². The minimum atomic E-state index is -0.242. The first kappa shape index (κ1) is 22.3. The van der Waals surface area contributed by atoms with Gasteiger partial charge in [-0.05, 0) is 41.3 Å². The molecule has 4 aromatic rings. The third-order valence-electron chi connectivity index (χ3n) is 4.92. The van der Waals surface area contributed by atoms with Crippen LogP contribution >= 0.6 is 11.3 Å². The van der Waals surface area contributed by atoms with Crippen molar-refractivity contribution < 1.29 is 14.3 Å². The first-order valence-corrected chi connectivity index (χ1v) is 11.3. The van der Waals surface area contributed by atoms with E-state index in [0.717, 1.165) is 10.4 Å². The number of carbonyl (C=O) groups is 2. The highest BCUT2D eigenvalue weighted by atomic mass is 32.1. The van der Waals surface area contributed by atoms with Gasteiger partial charge in [0.1, 0.15) is 11.4 Å². The van der Waals surface area contributed by atoms with Gasteiger partial charge in [0.25, 0.3) is 11.8 Å². The Bertz CT molecular complexity index is 1220. The van der Waals surface area contributed by atoms with Crippen LogP contribution in [0.15, 0.2) is 78.3 Å². The van der Waals surface area contributed by atoms with Crippen LogP contribution in [0.25, 0.3) is 10.6 Å². The summed E-state index contributed by atoms with van der Waals surface area (Å²) in [4.78, 5) is 27.2. The number of hydrogen-bond donors (Lipinski definition) is 1. The van der Waals surface area contributed by atoms with Crippen LogP contribution in [0.4, 0.5) is 5.69 Å². The molecule has 0 atom stereocenters. The summed E-state index contributed by atoms with van der Waals surface area (Å²) < 4.78 is 7.28. The summed E-state index contributed by atoms with van der Waals surface area (Å²) in [5.74, 6) is 0.188. The Kier molecular flexibility index (Phi) is 6.85. The molecule has 0 unspecified atom stereocenters. The number of anilines is 1. The van der Waals surface area contributed by atoms with Crippen molar-refractivity contribution in [2.45, 2.75) is 6.54 Å². The number of aromatic nitrogens is 2. The van der Waals surface area contributed by atoms with E-state index in [1.165, 1.54) is 4.90 Å². The molecule has 0 saturated carbocycles. The van der Waals surface area contributed by atoms with Crippen LogP contribution in [0.2, 0.25) is 0 Å². The van der Waals surface area contributed by atoms with Crippen LogP contribution in [0.1, 0.15) is 15.9 Å². The molecule has 0 bridgehead atoms. The lowest BCUT2D eigenvalue weighted by atomic mass is 10.2. The summed E-state index contributed by atoms with van der Waals surface area (Å²) in [5.41, 5.74) is 2.89. The van der Waals surface area contributed by atoms with Gasteiger partial charge in [0, 0.05) is 26.0 Å². The highest BCUT2D eigenvalue weighted by Gasteiger charge is 2.19. The van der Waals surface area contributed by atoms with E-state index in [0.29, 0.717) is 29.2 Å². The number of rotatable bonds is 8. The van der Waals surface area contributed by atoms with Crippen molar-refractivity contribution in [3.8, 4) is 16.3 Å². The number of thiophene rings is 1. The second-order valence-electron chi connectivity index (χ2n) is 7.61. The number of nitrogens with zero attached hydrogens (tertiary/aromatic N) is 3. The molecule has 1 N–H and O–H groups in total. The minimum Gasteiger partial charge on any atom is -0.484 e. The second kappa shape index (κ2) is 10.1. The molecule has 2 heterocycles. The predicted molar refractivity (Wildman–Crippen MR) is 130 cm³/mol. The van der Waals surface area contributed by atoms with Crippen LogP contribution in [-0.2, 0) is 11.3 Å². The Morgan fingerprint density at radius 2 is 1.79 bits per heavy atom. The highest BCUT2D eigenvalue weighted by Crippen LogP contribution is 2.28. The first-order valence-electron chi connectivity index (χ1n) is 10.4. The van der Waals surface area contributed by atoms with E-state index in [1.54, 1.807) is 60.6 Å². The number of nitrogens with one attached hydrogen (secondary N) is 1. The third-order valence-corrected chi connectivity index (χ3v) is 5.80. The van der Waals surface area contributed by atoms with Crippen LogP contribution < -0.4 is 10.1 Å². The monoisotopic (exact) mass is 460 g/mol. The number of ether oxygens (including phenoxy) is 1. The molecule has 0 spiro atoms. The van der Waals surface area contributed by atoms with Gasteiger partial charge in [-0.2, -0.15) is 5.10 Å². The van der Waals surface area contributed by atoms with E-state index in [2.05, 4.69) is 5.32 Å². The second-order valence-corrected chi connectivity index (χ2v) is 8.55. The summed E-state index contributed by atoms with van der Waals surface area (Å²) >= 11 is 1.54. The largest absolute Gasteiger partial charge is 0.484 e. The first-order chi connectivity index (χ1) is 16.0. The molecule has 7 nitrogen and oxygen atoms in total. The number of amides is 2. The van der Waals surface area contributed by atoms with E-state index in [-0.39, 0.29) is 18.4 Å². The van der Waals surface area contributed by atoms with Gasteiger partial charge in [-0.25, -0.2) is 0 Å². The molecule has 2 amide bonds. The standard InChI is InChI=1S/C25H24N4O3S/c1-28(2)23(30)17-32-20-12-10-19(11-13-20)26-25(31)21-16-29(15-18-7-4-3-5-8-18)27-24(21)22-9-6-14-33-22/h3-14,16H,15,17H2,1-2H3,(H,26,31). The zero-order valence-electron chi connectivity index (χ0n) is 18.4. The molecule has 0 fully saturated rings. The Balaban J connectivity index is 1.49. The van der Waals surface area contributed by atoms with Gasteiger partial charge in [-0.15, -0.1) is 11.3 Å². The van der Waals surface area contributed by atoms with Crippen molar-refractivity contribution in [3.63, 3.8) is 0 Å². The number of hydrogen-bond acceptors (Lipinski definition) is 5. The van der Waals surface area contributed by atoms with Gasteiger partial charge in [-0.3, -0.25) is 14.3 Å². The Morgan fingerprint density at radius 1 is 1.03 bits per heavy atom. The Morgan fingerprint density at radius 3 is 2.45 bits per heavy atom. The number of likely N-dealkylation sites (N-methyl/N-ethyl adjacent to an activating group) is 1. The van der Waals surface area contributed by atoms with Gasteiger partial charge in [0.05, 0.1) is 17.0 Å². The molecule has 4 rings (SSSR count). The molecular formula is C25H24N4O3S. The summed E-state index contributed by atoms with van der Waals surface area (Å²) in [6.07, 6.45) is 1.78. The zero-order valence-corrected chi connectivity index (χ0v) is 19.2. The zero-order chi connectivity index (χ0) is 23.2. The van der Waals surface area contributed by atoms with Crippen molar-refractivity contribution in [1.29, 1.82) is 0 Å². The summed E-state index contributed by atoms with van der Waals surface area (Å²) in [5, 5.41) is 9.59. The molecule has 0 saturated heterocycles. The fourth-order valence-corrected chi connectivity index (χ4v) is 3.86. The lowest BCUT2D eigenvalue weighted by Crippen LogP contribution is -2.27. The van der Waals surface area contributed by atoms with E-state index >= 15 is 0 Å². The van der Waals surface area contributed by atoms with Gasteiger partial charge >= 0.3 is 0 Å². The van der Waals surface area contributed by atoms with Crippen LogP contribution in [0.5, 0.6) is 5.75 Å². The van der Waals surface area contributed by atoms with E-state index in [1.807, 2.05) is 47.8 Å². The van der Waals surface area contributed by atoms with Crippen molar-refractivity contribution in [2.75, 3.05) is 26.0 Å². The summed E-state index contributed by atoms with van der Waals surface area (Å²) in [7, 11) is 3.35. The molecule has 0 aliphatic rings. The number of carbonyl (C=O) groups excluding carboxylic acids is 2. The average Bonchev–Trinajstić information content (AvgIpc) is 3.49. The maximum absolute atomic E-state index is 13.1. The fourth-order valence-electron chi connectivity index (χ4n) is 3.14. The molecule has 168 valence electrons. The van der Waals surface area contributed by atoms with Gasteiger partial charge < -0.3 is 15.0 Å². The van der Waals surface area contributed by atoms with Crippen LogP contribution in [0, 0.1) is 0 Å². The molecular weight excluding hydrogens is 436 g/mol. The SMILES string of the molecule is CN(C)C(=O)COc1ccc(NC(=O)c2cn(Cc3ccccc3)nc2-c2cccs2)cc1. The molecule has 8 heteroatoms. The van der Waals surface area contributed by atoms with Gasteiger partial charge in [-0.1, -0.05) is 36.4 Å². The maximum atomic E-state index is 13.1. The van der Waals surface area contributed by atoms with Crippen LogP contribution in [0.3, 0.4) is 0 Å². The average molecular weight is 461 g/mol. The van der Waals surface area contributed by atoms with Crippen molar-refractivity contribution in [3.05, 3.63) is 89.4 Å². The fraction of sp³-hybridized carbons (Fsp3) is 0.160. The quantitative estimate of drug-likeness (QED) is 0.423. The smallest absolute Gasteiger partial charge is 0.259 e. The summed E-state index contributed by atoms with van der Waals surface area (Å²) in [6.45, 7) is 0.535. The lowest BCUT2D eigenvalue weighted by Gasteiger charge is -2.11. The van der Waals surface area contributed by atoms with Gasteiger partial charge in [0.15, 0.2) is 6.61 Å². The summed E-state index contributed by atoms with van der Waals surface area (Å²) in [6, 6.07) is 20.8. The molecule has 2 aromatic carbocycles. The topological polar surface area (TPSA) is 76.5 Å². The van der Waals surface area contributed by atoms with E-state index in [4.69, 9.17) is 9.84 Å². The minimum absolute atomic E-state index is 0.0382. The van der Waals surface area contributed by atoms with E-state index in [9.17, 15) is 9.59 Å². The van der Waals surface area contributed by atoms with E-state index < -0.39 is 0 Å². The Hall–Kier alpha value is -3.91. The van der Waals surface area contributed by atoms with Gasteiger partial charge in [0.2, 0.25) is 0 Å². The molecule has 33 heavy (non-hydrogen) atoms. The van der Waals surface area contributed by atoms with Crippen molar-refractivity contribution in [1.82, 2.24) is 14.7 Å². The maximum Gasteiger partial charge on any atom is 0.259 e. The van der Waals surface area contributed by atoms with Crippen molar-refractivity contribution in [2.24, 2.45) is 0 Å². The highest BCUT2D eigenvalue weighted by molar-refractivity contribution is 7.13. The molecule has 0 radical (unpaired) electrons. The molecule has 2 aromatic heterocycles. The van der Waals surface area contributed by atoms with Crippen molar-refractivity contribution >= 4 is 28.8 Å². The predicted octanol–water partition coefficient (Wildman–Crippen LogP) is 4.38. The normalized spacial score (nSPS) is 10.6. The third kappa shape index (κ3) is 5.67.